The molecule has 0 radical (unpaired) electrons. The molecular formula is C20H21NO5. The molecule has 0 saturated heterocycles. The molecule has 2 aromatic carbocycles. The van der Waals surface area contributed by atoms with E-state index in [9.17, 15) is 4.79 Å². The van der Waals surface area contributed by atoms with E-state index in [1.807, 2.05) is 30.3 Å². The van der Waals surface area contributed by atoms with Gasteiger partial charge in [-0.2, -0.15) is 5.26 Å². The Labute approximate surface area is 152 Å². The number of nitriles is 1. The van der Waals surface area contributed by atoms with Crippen molar-refractivity contribution in [3.63, 3.8) is 0 Å². The molecule has 0 saturated carbocycles. The number of carbonyl (C=O) groups excluding carboxylic acids is 1. The SMILES string of the molecule is C=CC(=O)OCCOCCOCCOc1ccc2cc(C#N)ccc2c1. The van der Waals surface area contributed by atoms with Crippen molar-refractivity contribution < 1.29 is 23.7 Å². The van der Waals surface area contributed by atoms with Crippen molar-refractivity contribution in [1.82, 2.24) is 0 Å². The van der Waals surface area contributed by atoms with E-state index in [2.05, 4.69) is 12.6 Å². The second kappa shape index (κ2) is 10.9. The minimum Gasteiger partial charge on any atom is -0.491 e. The smallest absolute Gasteiger partial charge is 0.330 e. The average molecular weight is 355 g/mol. The first-order valence-corrected chi connectivity index (χ1v) is 8.24. The molecule has 26 heavy (non-hydrogen) atoms. The highest BCUT2D eigenvalue weighted by atomic mass is 16.6. The molecule has 0 fully saturated rings. The summed E-state index contributed by atoms with van der Waals surface area (Å²) in [7, 11) is 0. The normalized spacial score (nSPS) is 10.3. The van der Waals surface area contributed by atoms with Crippen LogP contribution < -0.4 is 4.74 Å². The summed E-state index contributed by atoms with van der Waals surface area (Å²) in [5, 5.41) is 10.9. The third kappa shape index (κ3) is 6.55. The third-order valence-corrected chi connectivity index (χ3v) is 3.45. The van der Waals surface area contributed by atoms with Crippen molar-refractivity contribution in [2.24, 2.45) is 0 Å². The van der Waals surface area contributed by atoms with E-state index >= 15 is 0 Å². The van der Waals surface area contributed by atoms with Crippen LogP contribution in [0.3, 0.4) is 0 Å². The van der Waals surface area contributed by atoms with Crippen molar-refractivity contribution in [2.75, 3.05) is 39.6 Å². The summed E-state index contributed by atoms with van der Waals surface area (Å²) in [5.74, 6) is 0.298. The first kappa shape index (κ1) is 19.4. The lowest BCUT2D eigenvalue weighted by atomic mass is 10.1. The van der Waals surface area contributed by atoms with E-state index in [1.54, 1.807) is 6.07 Å². The predicted octanol–water partition coefficient (Wildman–Crippen LogP) is 2.85. The Morgan fingerprint density at radius 2 is 1.62 bits per heavy atom. The summed E-state index contributed by atoms with van der Waals surface area (Å²) >= 11 is 0. The zero-order chi connectivity index (χ0) is 18.6. The van der Waals surface area contributed by atoms with Gasteiger partial charge in [-0.1, -0.05) is 18.7 Å². The number of benzene rings is 2. The van der Waals surface area contributed by atoms with E-state index in [1.165, 1.54) is 0 Å². The maximum absolute atomic E-state index is 10.8. The van der Waals surface area contributed by atoms with Crippen molar-refractivity contribution in [3.05, 3.63) is 54.6 Å². The average Bonchev–Trinajstić information content (AvgIpc) is 2.68. The molecule has 0 heterocycles. The largest absolute Gasteiger partial charge is 0.491 e. The Hall–Kier alpha value is -2.88. The van der Waals surface area contributed by atoms with Gasteiger partial charge < -0.3 is 18.9 Å². The molecule has 0 bridgehead atoms. The molecule has 0 unspecified atom stereocenters. The predicted molar refractivity (Wildman–Crippen MR) is 97.0 cm³/mol. The van der Waals surface area contributed by atoms with E-state index in [-0.39, 0.29) is 6.61 Å². The molecule has 6 heteroatoms. The fraction of sp³-hybridized carbons (Fsp3) is 0.300. The lowest BCUT2D eigenvalue weighted by molar-refractivity contribution is -0.139. The maximum Gasteiger partial charge on any atom is 0.330 e. The molecule has 0 amide bonds. The molecule has 0 N–H and O–H groups in total. The zero-order valence-electron chi connectivity index (χ0n) is 14.5. The van der Waals surface area contributed by atoms with Gasteiger partial charge in [0.1, 0.15) is 19.0 Å². The number of ether oxygens (including phenoxy) is 4. The van der Waals surface area contributed by atoms with Crippen molar-refractivity contribution >= 4 is 16.7 Å². The molecule has 0 spiro atoms. The Bertz CT molecular complexity index is 781. The number of esters is 1. The molecular weight excluding hydrogens is 334 g/mol. The Morgan fingerprint density at radius 1 is 0.962 bits per heavy atom. The monoisotopic (exact) mass is 355 g/mol. The van der Waals surface area contributed by atoms with E-state index in [4.69, 9.17) is 24.2 Å². The standard InChI is InChI=1S/C20H21NO5/c1-2-20(22)26-12-10-24-8-7-23-9-11-25-19-6-5-17-13-16(15-21)3-4-18(17)14-19/h2-6,13-14H,1,7-12H2. The van der Waals surface area contributed by atoms with Crippen molar-refractivity contribution in [3.8, 4) is 11.8 Å². The van der Waals surface area contributed by atoms with Crippen molar-refractivity contribution in [1.29, 1.82) is 5.26 Å². The van der Waals surface area contributed by atoms with E-state index in [0.717, 1.165) is 22.6 Å². The molecule has 0 atom stereocenters. The van der Waals surface area contributed by atoms with Gasteiger partial charge in [-0.25, -0.2) is 4.79 Å². The van der Waals surface area contributed by atoms with Crippen molar-refractivity contribution in [2.45, 2.75) is 0 Å². The summed E-state index contributed by atoms with van der Waals surface area (Å²) < 4.78 is 21.1. The summed E-state index contributed by atoms with van der Waals surface area (Å²) in [6.45, 7) is 5.56. The van der Waals surface area contributed by atoms with Gasteiger partial charge in [0.05, 0.1) is 38.1 Å². The molecule has 136 valence electrons. The first-order chi connectivity index (χ1) is 12.7. The Kier molecular flexibility index (Phi) is 8.13. The summed E-state index contributed by atoms with van der Waals surface area (Å²) in [6, 6.07) is 13.4. The van der Waals surface area contributed by atoms with Gasteiger partial charge in [-0.15, -0.1) is 0 Å². The fourth-order valence-electron chi connectivity index (χ4n) is 2.18. The van der Waals surface area contributed by atoms with Gasteiger partial charge >= 0.3 is 5.97 Å². The number of nitrogens with zero attached hydrogens (tertiary/aromatic N) is 1. The molecule has 6 nitrogen and oxygen atoms in total. The molecule has 2 aromatic rings. The first-order valence-electron chi connectivity index (χ1n) is 8.24. The summed E-state index contributed by atoms with van der Waals surface area (Å²) in [5.41, 5.74) is 0.639. The number of hydrogen-bond acceptors (Lipinski definition) is 6. The van der Waals surface area contributed by atoms with Gasteiger partial charge in [0, 0.05) is 6.08 Å². The number of rotatable bonds is 11. The van der Waals surface area contributed by atoms with Crippen LogP contribution in [0.1, 0.15) is 5.56 Å². The number of carbonyl (C=O) groups is 1. The molecule has 0 aliphatic rings. The fourth-order valence-corrected chi connectivity index (χ4v) is 2.18. The highest BCUT2D eigenvalue weighted by Crippen LogP contribution is 2.21. The van der Waals surface area contributed by atoms with Crippen LogP contribution in [-0.2, 0) is 19.0 Å². The van der Waals surface area contributed by atoms with E-state index in [0.29, 0.717) is 38.6 Å². The van der Waals surface area contributed by atoms with E-state index < -0.39 is 5.97 Å². The molecule has 0 aliphatic carbocycles. The minimum atomic E-state index is -0.457. The molecule has 0 aromatic heterocycles. The zero-order valence-corrected chi connectivity index (χ0v) is 14.5. The highest BCUT2D eigenvalue weighted by molar-refractivity contribution is 5.85. The van der Waals surface area contributed by atoms with Crippen LogP contribution in [0.4, 0.5) is 0 Å². The van der Waals surface area contributed by atoms with Crippen LogP contribution in [0.2, 0.25) is 0 Å². The van der Waals surface area contributed by atoms with Gasteiger partial charge in [-0.3, -0.25) is 0 Å². The second-order valence-corrected chi connectivity index (χ2v) is 5.28. The maximum atomic E-state index is 10.8. The van der Waals surface area contributed by atoms with Gasteiger partial charge in [0.15, 0.2) is 0 Å². The summed E-state index contributed by atoms with van der Waals surface area (Å²) in [6.07, 6.45) is 1.11. The molecule has 2 rings (SSSR count). The van der Waals surface area contributed by atoms with Crippen LogP contribution in [0, 0.1) is 11.3 Å². The highest BCUT2D eigenvalue weighted by Gasteiger charge is 2.00. The van der Waals surface area contributed by atoms with Crippen LogP contribution in [0.15, 0.2) is 49.1 Å². The Balaban J connectivity index is 1.57. The van der Waals surface area contributed by atoms with Crippen LogP contribution in [0.25, 0.3) is 10.8 Å². The number of fused-ring (bicyclic) bond motifs is 1. The van der Waals surface area contributed by atoms with Crippen LogP contribution in [0.5, 0.6) is 5.75 Å². The second-order valence-electron chi connectivity index (χ2n) is 5.28. The Morgan fingerprint density at radius 3 is 2.35 bits per heavy atom. The molecule has 0 aliphatic heterocycles. The van der Waals surface area contributed by atoms with Gasteiger partial charge in [-0.05, 0) is 35.0 Å². The summed E-state index contributed by atoms with van der Waals surface area (Å²) in [4.78, 5) is 10.8. The lowest BCUT2D eigenvalue weighted by Gasteiger charge is -2.09. The van der Waals surface area contributed by atoms with Gasteiger partial charge in [0.25, 0.3) is 0 Å². The van der Waals surface area contributed by atoms with Gasteiger partial charge in [0.2, 0.25) is 0 Å². The van der Waals surface area contributed by atoms with Crippen LogP contribution in [-0.4, -0.2) is 45.6 Å². The number of hydrogen-bond donors (Lipinski definition) is 0. The quantitative estimate of drug-likeness (QED) is 0.350. The topological polar surface area (TPSA) is 77.8 Å². The lowest BCUT2D eigenvalue weighted by Crippen LogP contribution is -2.13. The minimum absolute atomic E-state index is 0.200. The van der Waals surface area contributed by atoms with Crippen LogP contribution >= 0.6 is 0 Å². The third-order valence-electron chi connectivity index (χ3n) is 3.45.